The lowest BCUT2D eigenvalue weighted by Crippen LogP contribution is -2.43. The Morgan fingerprint density at radius 3 is 2.90 bits per heavy atom. The Hall–Kier alpha value is -0.940. The van der Waals surface area contributed by atoms with Crippen molar-refractivity contribution in [3.8, 4) is 0 Å². The third kappa shape index (κ3) is 2.74. The van der Waals surface area contributed by atoms with Gasteiger partial charge in [-0.2, -0.15) is 0 Å². The molecule has 0 bridgehead atoms. The number of piperidine rings is 1. The van der Waals surface area contributed by atoms with Crippen LogP contribution in [0.4, 0.5) is 0 Å². The summed E-state index contributed by atoms with van der Waals surface area (Å²) in [6.45, 7) is 1.53. The number of carbonyl (C=O) groups excluding carboxylic acids is 1. The molecule has 0 saturated carbocycles. The summed E-state index contributed by atoms with van der Waals surface area (Å²) >= 11 is 6.78. The Balaban J connectivity index is 1.75. The zero-order chi connectivity index (χ0) is 14.1. The van der Waals surface area contributed by atoms with Gasteiger partial charge in [-0.25, -0.2) is 0 Å². The van der Waals surface area contributed by atoms with Crippen molar-refractivity contribution in [2.45, 2.75) is 38.5 Å². The van der Waals surface area contributed by atoms with Gasteiger partial charge in [-0.1, -0.05) is 12.2 Å². The molecule has 1 saturated heterocycles. The minimum Gasteiger partial charge on any atom is -0.393 e. The first-order valence-electron chi connectivity index (χ1n) is 7.35. The van der Waals surface area contributed by atoms with Crippen molar-refractivity contribution < 1.29 is 4.79 Å². The summed E-state index contributed by atoms with van der Waals surface area (Å²) in [7, 11) is 0. The second-order valence-electron chi connectivity index (χ2n) is 5.76. The van der Waals surface area contributed by atoms with Crippen LogP contribution in [0.25, 0.3) is 0 Å². The van der Waals surface area contributed by atoms with E-state index in [0.29, 0.717) is 11.5 Å². The van der Waals surface area contributed by atoms with Crippen LogP contribution in [-0.4, -0.2) is 28.9 Å². The minimum absolute atomic E-state index is 0.172. The number of fused-ring (bicyclic) bond motifs is 1. The molecule has 2 heterocycles. The number of carbonyl (C=O) groups is 1. The van der Waals surface area contributed by atoms with Gasteiger partial charge in [0.05, 0.1) is 9.87 Å². The van der Waals surface area contributed by atoms with Crippen LogP contribution in [0.1, 0.15) is 45.8 Å². The first kappa shape index (κ1) is 14.0. The second kappa shape index (κ2) is 5.82. The van der Waals surface area contributed by atoms with Gasteiger partial charge in [0, 0.05) is 23.9 Å². The highest BCUT2D eigenvalue weighted by Crippen LogP contribution is 2.31. The number of thiocarbonyl (C=S) groups is 1. The van der Waals surface area contributed by atoms with Gasteiger partial charge in [-0.3, -0.25) is 4.79 Å². The molecule has 1 unspecified atom stereocenters. The van der Waals surface area contributed by atoms with Crippen LogP contribution in [-0.2, 0) is 12.8 Å². The summed E-state index contributed by atoms with van der Waals surface area (Å²) in [5.74, 6) is 0.364. The Morgan fingerprint density at radius 2 is 2.15 bits per heavy atom. The van der Waals surface area contributed by atoms with E-state index in [1.807, 2.05) is 4.90 Å². The molecule has 1 aliphatic carbocycles. The molecule has 3 nitrogen and oxygen atoms in total. The molecular weight excluding hydrogens is 288 g/mol. The average Bonchev–Trinajstić information content (AvgIpc) is 2.90. The van der Waals surface area contributed by atoms with E-state index < -0.39 is 0 Å². The summed E-state index contributed by atoms with van der Waals surface area (Å²) in [5, 5.41) is 0. The number of nitrogens with two attached hydrogens (primary N) is 1. The van der Waals surface area contributed by atoms with Gasteiger partial charge in [-0.15, -0.1) is 11.3 Å². The fourth-order valence-corrected chi connectivity index (χ4v) is 4.56. The van der Waals surface area contributed by atoms with Gasteiger partial charge in [0.1, 0.15) is 0 Å². The van der Waals surface area contributed by atoms with Crippen LogP contribution in [0.2, 0.25) is 0 Å². The highest BCUT2D eigenvalue weighted by Gasteiger charge is 2.27. The van der Waals surface area contributed by atoms with Gasteiger partial charge in [-0.05, 0) is 50.2 Å². The maximum atomic E-state index is 12.6. The average molecular weight is 308 g/mol. The predicted molar refractivity (Wildman–Crippen MR) is 86.4 cm³/mol. The zero-order valence-electron chi connectivity index (χ0n) is 11.6. The first-order chi connectivity index (χ1) is 9.65. The molecule has 0 radical (unpaired) electrons. The van der Waals surface area contributed by atoms with Crippen molar-refractivity contribution in [2.24, 2.45) is 11.7 Å². The van der Waals surface area contributed by atoms with Gasteiger partial charge in [0.15, 0.2) is 0 Å². The molecule has 3 rings (SSSR count). The fraction of sp³-hybridized carbons (Fsp3) is 0.600. The van der Waals surface area contributed by atoms with Crippen LogP contribution >= 0.6 is 23.6 Å². The molecule has 0 aromatic carbocycles. The minimum atomic E-state index is 0.172. The molecule has 2 N–H and O–H groups in total. The van der Waals surface area contributed by atoms with E-state index in [9.17, 15) is 4.79 Å². The molecule has 2 aliphatic rings. The van der Waals surface area contributed by atoms with Crippen LogP contribution in [0.5, 0.6) is 0 Å². The Labute approximate surface area is 129 Å². The van der Waals surface area contributed by atoms with Crippen LogP contribution in [0, 0.1) is 5.92 Å². The smallest absolute Gasteiger partial charge is 0.263 e. The van der Waals surface area contributed by atoms with Gasteiger partial charge >= 0.3 is 0 Å². The van der Waals surface area contributed by atoms with Crippen LogP contribution < -0.4 is 5.73 Å². The van der Waals surface area contributed by atoms with E-state index in [1.165, 1.54) is 23.3 Å². The molecule has 1 fully saturated rings. The Morgan fingerprint density at radius 1 is 1.35 bits per heavy atom. The maximum Gasteiger partial charge on any atom is 0.263 e. The van der Waals surface area contributed by atoms with E-state index in [-0.39, 0.29) is 11.8 Å². The topological polar surface area (TPSA) is 46.3 Å². The molecule has 5 heteroatoms. The highest BCUT2D eigenvalue weighted by atomic mass is 32.1. The lowest BCUT2D eigenvalue weighted by Gasteiger charge is -2.31. The van der Waals surface area contributed by atoms with Crippen molar-refractivity contribution >= 4 is 34.5 Å². The van der Waals surface area contributed by atoms with Gasteiger partial charge in [0.25, 0.3) is 5.91 Å². The summed E-state index contributed by atoms with van der Waals surface area (Å²) in [6, 6.07) is 2.12. The number of hydrogen-bond acceptors (Lipinski definition) is 3. The standard InChI is InChI=1S/C15H20N2OS2/c16-14(19)11-5-3-7-17(9-11)15(18)13-8-10-4-1-2-6-12(10)20-13/h8,11H,1-7,9H2,(H2,16,19). The molecule has 0 spiro atoms. The van der Waals surface area contributed by atoms with Crippen molar-refractivity contribution in [1.82, 2.24) is 4.90 Å². The summed E-state index contributed by atoms with van der Waals surface area (Å²) in [6.07, 6.45) is 6.80. The van der Waals surface area contributed by atoms with Gasteiger partial charge in [0.2, 0.25) is 0 Å². The van der Waals surface area contributed by atoms with Gasteiger partial charge < -0.3 is 10.6 Å². The Bertz CT molecular complexity index is 514. The predicted octanol–water partition coefficient (Wildman–Crippen LogP) is 2.77. The number of hydrogen-bond donors (Lipinski definition) is 1. The van der Waals surface area contributed by atoms with Crippen molar-refractivity contribution in [1.29, 1.82) is 0 Å². The molecule has 1 amide bonds. The fourth-order valence-electron chi connectivity index (χ4n) is 3.15. The van der Waals surface area contributed by atoms with Crippen molar-refractivity contribution in [3.63, 3.8) is 0 Å². The van der Waals surface area contributed by atoms with Crippen LogP contribution in [0.15, 0.2) is 6.07 Å². The molecule has 20 heavy (non-hydrogen) atoms. The molecular formula is C15H20N2OS2. The van der Waals surface area contributed by atoms with Crippen LogP contribution in [0.3, 0.4) is 0 Å². The SMILES string of the molecule is NC(=S)C1CCCN(C(=O)c2cc3c(s2)CCCC3)C1. The van der Waals surface area contributed by atoms with E-state index in [2.05, 4.69) is 6.07 Å². The Kier molecular flexibility index (Phi) is 4.08. The first-order valence-corrected chi connectivity index (χ1v) is 8.58. The quantitative estimate of drug-likeness (QED) is 0.855. The number of likely N-dealkylation sites (tertiary alicyclic amines) is 1. The monoisotopic (exact) mass is 308 g/mol. The largest absolute Gasteiger partial charge is 0.393 e. The highest BCUT2D eigenvalue weighted by molar-refractivity contribution is 7.80. The third-order valence-electron chi connectivity index (χ3n) is 4.32. The molecule has 1 aromatic heterocycles. The third-order valence-corrected chi connectivity index (χ3v) is 5.88. The number of amides is 1. The molecule has 1 aliphatic heterocycles. The number of rotatable bonds is 2. The lowest BCUT2D eigenvalue weighted by molar-refractivity contribution is 0.0708. The number of aryl methyl sites for hydroxylation is 2. The van der Waals surface area contributed by atoms with Crippen molar-refractivity contribution in [3.05, 3.63) is 21.4 Å². The summed E-state index contributed by atoms with van der Waals surface area (Å²) in [5.41, 5.74) is 7.14. The van der Waals surface area contributed by atoms with E-state index >= 15 is 0 Å². The molecule has 1 aromatic rings. The number of thiophene rings is 1. The maximum absolute atomic E-state index is 12.6. The lowest BCUT2D eigenvalue weighted by atomic mass is 9.97. The normalized spacial score (nSPS) is 22.4. The van der Waals surface area contributed by atoms with Crippen molar-refractivity contribution in [2.75, 3.05) is 13.1 Å². The van der Waals surface area contributed by atoms with E-state index in [4.69, 9.17) is 18.0 Å². The van der Waals surface area contributed by atoms with E-state index in [0.717, 1.165) is 37.1 Å². The van der Waals surface area contributed by atoms with E-state index in [1.54, 1.807) is 11.3 Å². The number of nitrogens with zero attached hydrogens (tertiary/aromatic N) is 1. The zero-order valence-corrected chi connectivity index (χ0v) is 13.2. The molecule has 108 valence electrons. The summed E-state index contributed by atoms with van der Waals surface area (Å²) in [4.78, 5) is 17.4. The second-order valence-corrected chi connectivity index (χ2v) is 7.37. The molecule has 1 atom stereocenters. The summed E-state index contributed by atoms with van der Waals surface area (Å²) < 4.78 is 0.